The molecule has 0 fully saturated rings. The molecule has 2 aromatic carbocycles. The predicted molar refractivity (Wildman–Crippen MR) is 66.7 cm³/mol. The Morgan fingerprint density at radius 2 is 1.65 bits per heavy atom. The fourth-order valence-corrected chi connectivity index (χ4v) is 2.64. The number of rotatable bonds is 1. The molecule has 0 aliphatic heterocycles. The fraction of sp³-hybridized carbons (Fsp3) is 0. The molecule has 0 unspecified atom stereocenters. The average Bonchev–Trinajstić information content (AvgIpc) is 2.73. The minimum absolute atomic E-state index is 0. The smallest absolute Gasteiger partial charge is 0.507 e. The van der Waals surface area contributed by atoms with E-state index in [4.69, 9.17) is 0 Å². The summed E-state index contributed by atoms with van der Waals surface area (Å²) in [5.41, 5.74) is 1.77. The molecule has 1 N–H and O–H groups in total. The van der Waals surface area contributed by atoms with Gasteiger partial charge in [0.05, 0.1) is 15.8 Å². The molecule has 0 bridgehead atoms. The minimum Gasteiger partial charge on any atom is -0.507 e. The number of para-hydroxylation sites is 2. The third-order valence-electron chi connectivity index (χ3n) is 2.43. The quantitative estimate of drug-likeness (QED) is 0.694. The van der Waals surface area contributed by atoms with Crippen molar-refractivity contribution < 1.29 is 24.6 Å². The molecule has 3 rings (SSSR count). The number of phenolic OH excluding ortho intramolecular Hbond substituents is 1. The summed E-state index contributed by atoms with van der Waals surface area (Å²) in [6, 6.07) is 15.3. The molecular formula is C13H9NOSZn+2. The van der Waals surface area contributed by atoms with Gasteiger partial charge in [-0.3, -0.25) is 0 Å². The second-order valence-electron chi connectivity index (χ2n) is 3.50. The molecule has 0 radical (unpaired) electrons. The van der Waals surface area contributed by atoms with Crippen molar-refractivity contribution in [3.05, 3.63) is 48.5 Å². The van der Waals surface area contributed by atoms with Crippen molar-refractivity contribution in [1.29, 1.82) is 0 Å². The van der Waals surface area contributed by atoms with Crippen LogP contribution in [0.4, 0.5) is 0 Å². The van der Waals surface area contributed by atoms with Crippen LogP contribution >= 0.6 is 11.3 Å². The van der Waals surface area contributed by atoms with Crippen LogP contribution in [-0.4, -0.2) is 10.1 Å². The van der Waals surface area contributed by atoms with Crippen LogP contribution < -0.4 is 0 Å². The maximum atomic E-state index is 9.76. The van der Waals surface area contributed by atoms with Crippen LogP contribution in [0.3, 0.4) is 0 Å². The normalized spacial score (nSPS) is 10.1. The van der Waals surface area contributed by atoms with E-state index in [1.807, 2.05) is 42.5 Å². The number of nitrogens with zero attached hydrogens (tertiary/aromatic N) is 1. The van der Waals surface area contributed by atoms with E-state index in [9.17, 15) is 5.11 Å². The number of phenols is 1. The number of benzene rings is 2. The zero-order chi connectivity index (χ0) is 11.0. The first-order valence-electron chi connectivity index (χ1n) is 4.98. The van der Waals surface area contributed by atoms with Gasteiger partial charge >= 0.3 is 19.5 Å². The van der Waals surface area contributed by atoms with E-state index < -0.39 is 0 Å². The summed E-state index contributed by atoms with van der Waals surface area (Å²) in [6.07, 6.45) is 0. The van der Waals surface area contributed by atoms with Crippen molar-refractivity contribution in [3.63, 3.8) is 0 Å². The molecule has 3 aromatic rings. The van der Waals surface area contributed by atoms with Gasteiger partial charge < -0.3 is 5.11 Å². The van der Waals surface area contributed by atoms with Gasteiger partial charge in [-0.2, -0.15) is 0 Å². The van der Waals surface area contributed by atoms with Gasteiger partial charge in [-0.05, 0) is 24.3 Å². The maximum absolute atomic E-state index is 9.76. The predicted octanol–water partition coefficient (Wildman–Crippen LogP) is 3.67. The standard InChI is InChI=1S/C13H9NOS.Zn/c15-11-7-3-1-5-9(11)13-14-10-6-2-4-8-12(10)16-13;/h1-8,15H;/q;+2. The third-order valence-corrected chi connectivity index (χ3v) is 3.50. The molecule has 0 aliphatic rings. The van der Waals surface area contributed by atoms with E-state index in [1.165, 1.54) is 0 Å². The molecule has 17 heavy (non-hydrogen) atoms. The summed E-state index contributed by atoms with van der Waals surface area (Å²) in [4.78, 5) is 4.50. The van der Waals surface area contributed by atoms with Gasteiger partial charge in [-0.15, -0.1) is 11.3 Å². The second-order valence-corrected chi connectivity index (χ2v) is 4.53. The first-order chi connectivity index (χ1) is 7.84. The largest absolute Gasteiger partial charge is 2.00 e. The van der Waals surface area contributed by atoms with Gasteiger partial charge in [0, 0.05) is 0 Å². The van der Waals surface area contributed by atoms with Gasteiger partial charge in [0.15, 0.2) is 0 Å². The molecule has 1 heterocycles. The molecule has 0 saturated heterocycles. The number of fused-ring (bicyclic) bond motifs is 1. The molecule has 78 valence electrons. The van der Waals surface area contributed by atoms with Gasteiger partial charge in [0.25, 0.3) is 0 Å². The summed E-state index contributed by atoms with van der Waals surface area (Å²) in [6.45, 7) is 0. The SMILES string of the molecule is Oc1ccccc1-c1nc2ccccc2s1.[Zn+2]. The van der Waals surface area contributed by atoms with Crippen LogP contribution in [0.15, 0.2) is 48.5 Å². The molecule has 4 heteroatoms. The first kappa shape index (κ1) is 12.2. The molecule has 0 aliphatic carbocycles. The Morgan fingerprint density at radius 1 is 0.941 bits per heavy atom. The summed E-state index contributed by atoms with van der Waals surface area (Å²) in [5, 5.41) is 10.6. The van der Waals surface area contributed by atoms with E-state index in [1.54, 1.807) is 17.4 Å². The van der Waals surface area contributed by atoms with Crippen LogP contribution in [0.1, 0.15) is 0 Å². The second kappa shape index (κ2) is 4.95. The Bertz CT molecular complexity index is 617. The monoisotopic (exact) mass is 291 g/mol. The zero-order valence-electron chi connectivity index (χ0n) is 9.13. The van der Waals surface area contributed by atoms with Crippen molar-refractivity contribution in [3.8, 4) is 16.3 Å². The molecule has 2 nitrogen and oxygen atoms in total. The van der Waals surface area contributed by atoms with Crippen molar-refractivity contribution in [2.45, 2.75) is 0 Å². The van der Waals surface area contributed by atoms with Gasteiger partial charge in [0.2, 0.25) is 0 Å². The molecule has 0 atom stereocenters. The Morgan fingerprint density at radius 3 is 2.41 bits per heavy atom. The summed E-state index contributed by atoms with van der Waals surface area (Å²) >= 11 is 1.59. The van der Waals surface area contributed by atoms with E-state index in [0.717, 1.165) is 20.8 Å². The average molecular weight is 293 g/mol. The number of hydrogen-bond donors (Lipinski definition) is 1. The molecule has 1 aromatic heterocycles. The van der Waals surface area contributed by atoms with Crippen molar-refractivity contribution in [1.82, 2.24) is 4.98 Å². The van der Waals surface area contributed by atoms with Crippen LogP contribution in [0, 0.1) is 0 Å². The fourth-order valence-electron chi connectivity index (χ4n) is 1.64. The van der Waals surface area contributed by atoms with Crippen molar-refractivity contribution >= 4 is 21.6 Å². The number of thiazole rings is 1. The summed E-state index contributed by atoms with van der Waals surface area (Å²) < 4.78 is 1.14. The Balaban J connectivity index is 0.00000108. The van der Waals surface area contributed by atoms with Crippen molar-refractivity contribution in [2.24, 2.45) is 0 Å². The van der Waals surface area contributed by atoms with Gasteiger partial charge in [-0.1, -0.05) is 24.3 Å². The van der Waals surface area contributed by atoms with Crippen molar-refractivity contribution in [2.75, 3.05) is 0 Å². The number of hydrogen-bond acceptors (Lipinski definition) is 3. The molecule has 0 spiro atoms. The maximum Gasteiger partial charge on any atom is 2.00 e. The third kappa shape index (κ3) is 2.24. The number of aromatic hydroxyl groups is 1. The topological polar surface area (TPSA) is 33.1 Å². The van der Waals surface area contributed by atoms with E-state index in [2.05, 4.69) is 4.98 Å². The van der Waals surface area contributed by atoms with E-state index in [-0.39, 0.29) is 25.2 Å². The Labute approximate surface area is 116 Å². The Kier molecular flexibility index (Phi) is 3.55. The van der Waals surface area contributed by atoms with Crippen LogP contribution in [0.5, 0.6) is 5.75 Å². The van der Waals surface area contributed by atoms with Gasteiger partial charge in [-0.25, -0.2) is 4.98 Å². The zero-order valence-corrected chi connectivity index (χ0v) is 12.9. The van der Waals surface area contributed by atoms with Crippen LogP contribution in [0.25, 0.3) is 20.8 Å². The minimum atomic E-state index is 0. The first-order valence-corrected chi connectivity index (χ1v) is 5.80. The van der Waals surface area contributed by atoms with Crippen LogP contribution in [-0.2, 0) is 19.5 Å². The number of aromatic nitrogens is 1. The van der Waals surface area contributed by atoms with Crippen LogP contribution in [0.2, 0.25) is 0 Å². The molecule has 0 saturated carbocycles. The molecular weight excluding hydrogens is 284 g/mol. The van der Waals surface area contributed by atoms with E-state index >= 15 is 0 Å². The molecule has 0 amide bonds. The summed E-state index contributed by atoms with van der Waals surface area (Å²) in [7, 11) is 0. The Hall–Kier alpha value is -1.25. The summed E-state index contributed by atoms with van der Waals surface area (Å²) in [5.74, 6) is 0.279. The van der Waals surface area contributed by atoms with Gasteiger partial charge in [0.1, 0.15) is 10.8 Å². The van der Waals surface area contributed by atoms with E-state index in [0.29, 0.717) is 0 Å².